The Hall–Kier alpha value is -1.65. The van der Waals surface area contributed by atoms with Gasteiger partial charge in [-0.25, -0.2) is 18.1 Å². The Balaban J connectivity index is 0.00000364. The maximum atomic E-state index is 12.2. The van der Waals surface area contributed by atoms with Gasteiger partial charge in [0.1, 0.15) is 0 Å². The number of nitrogens with two attached hydrogens (primary N) is 1. The Bertz CT molecular complexity index is 883. The Kier molecular flexibility index (Phi) is 9.20. The summed E-state index contributed by atoms with van der Waals surface area (Å²) in [5.74, 6) is 0.204. The molecule has 0 radical (unpaired) electrons. The standard InChI is InChI=1S/C19H26N4O2S.HI/c1-14(2)23-26(24,25)13-17-9-5-4-8-16(17)12-21-19(20)22-18-10-6-7-15(3)11-18;/h4-11,14,23H,12-13H2,1-3H3,(H3,20,21,22);1H. The average molecular weight is 502 g/mol. The van der Waals surface area contributed by atoms with Crippen LogP contribution in [0, 0.1) is 6.92 Å². The van der Waals surface area contributed by atoms with E-state index >= 15 is 0 Å². The van der Waals surface area contributed by atoms with Crippen LogP contribution in [0.2, 0.25) is 0 Å². The minimum absolute atomic E-state index is 0. The van der Waals surface area contributed by atoms with Crippen LogP contribution < -0.4 is 15.8 Å². The third kappa shape index (κ3) is 8.27. The number of hydrogen-bond acceptors (Lipinski definition) is 3. The van der Waals surface area contributed by atoms with E-state index in [-0.39, 0.29) is 41.7 Å². The minimum Gasteiger partial charge on any atom is -0.370 e. The molecule has 0 spiro atoms. The molecule has 0 fully saturated rings. The first-order chi connectivity index (χ1) is 12.2. The molecule has 0 heterocycles. The van der Waals surface area contributed by atoms with E-state index in [0.29, 0.717) is 12.1 Å². The number of benzene rings is 2. The normalized spacial score (nSPS) is 11.9. The van der Waals surface area contributed by atoms with Gasteiger partial charge in [-0.15, -0.1) is 24.0 Å². The summed E-state index contributed by atoms with van der Waals surface area (Å²) < 4.78 is 27.0. The number of aliphatic imine (C=N–C) groups is 1. The summed E-state index contributed by atoms with van der Waals surface area (Å²) in [7, 11) is -3.39. The van der Waals surface area contributed by atoms with Crippen molar-refractivity contribution in [3.8, 4) is 0 Å². The van der Waals surface area contributed by atoms with Crippen LogP contribution >= 0.6 is 24.0 Å². The topological polar surface area (TPSA) is 96.6 Å². The molecular formula is C19H27IN4O2S. The summed E-state index contributed by atoms with van der Waals surface area (Å²) >= 11 is 0. The van der Waals surface area contributed by atoms with Crippen molar-refractivity contribution in [3.05, 3.63) is 65.2 Å². The van der Waals surface area contributed by atoms with Crippen LogP contribution in [-0.2, 0) is 22.3 Å². The summed E-state index contributed by atoms with van der Waals surface area (Å²) in [6.07, 6.45) is 0. The van der Waals surface area contributed by atoms with Gasteiger partial charge >= 0.3 is 0 Å². The monoisotopic (exact) mass is 502 g/mol. The first kappa shape index (κ1) is 23.4. The van der Waals surface area contributed by atoms with Crippen molar-refractivity contribution >= 4 is 45.6 Å². The summed E-state index contributed by atoms with van der Waals surface area (Å²) in [6.45, 7) is 5.90. The fraction of sp³-hybridized carbons (Fsp3) is 0.316. The number of guanidine groups is 1. The Labute approximate surface area is 178 Å². The van der Waals surface area contributed by atoms with Crippen LogP contribution in [0.5, 0.6) is 0 Å². The quantitative estimate of drug-likeness (QED) is 0.307. The molecule has 0 aromatic heterocycles. The average Bonchev–Trinajstić information content (AvgIpc) is 2.52. The van der Waals surface area contributed by atoms with Gasteiger partial charge in [0.25, 0.3) is 0 Å². The number of nitrogens with zero attached hydrogens (tertiary/aromatic N) is 1. The van der Waals surface area contributed by atoms with Crippen molar-refractivity contribution < 1.29 is 8.42 Å². The number of anilines is 1. The fourth-order valence-corrected chi connectivity index (χ4v) is 4.03. The molecule has 0 aliphatic rings. The number of sulfonamides is 1. The van der Waals surface area contributed by atoms with E-state index < -0.39 is 10.0 Å². The highest BCUT2D eigenvalue weighted by atomic mass is 127. The smallest absolute Gasteiger partial charge is 0.216 e. The highest BCUT2D eigenvalue weighted by molar-refractivity contribution is 14.0. The van der Waals surface area contributed by atoms with E-state index in [1.165, 1.54) is 0 Å². The third-order valence-corrected chi connectivity index (χ3v) is 5.11. The molecule has 0 saturated heterocycles. The number of hydrogen-bond donors (Lipinski definition) is 3. The molecule has 148 valence electrons. The van der Waals surface area contributed by atoms with Crippen molar-refractivity contribution in [2.75, 3.05) is 5.32 Å². The maximum absolute atomic E-state index is 12.2. The number of aryl methyl sites for hydroxylation is 1. The van der Waals surface area contributed by atoms with Gasteiger partial charge in [0, 0.05) is 11.7 Å². The second-order valence-corrected chi connectivity index (χ2v) is 8.25. The zero-order valence-corrected chi connectivity index (χ0v) is 18.9. The Morgan fingerprint density at radius 1 is 1.11 bits per heavy atom. The predicted molar refractivity (Wildman–Crippen MR) is 123 cm³/mol. The molecule has 2 rings (SSSR count). The van der Waals surface area contributed by atoms with E-state index in [1.54, 1.807) is 19.9 Å². The molecule has 2 aromatic rings. The van der Waals surface area contributed by atoms with E-state index in [4.69, 9.17) is 5.73 Å². The summed E-state index contributed by atoms with van der Waals surface area (Å²) in [4.78, 5) is 4.34. The van der Waals surface area contributed by atoms with Crippen molar-refractivity contribution in [2.24, 2.45) is 10.7 Å². The largest absolute Gasteiger partial charge is 0.370 e. The predicted octanol–water partition coefficient (Wildman–Crippen LogP) is 3.37. The third-order valence-electron chi connectivity index (χ3n) is 3.59. The highest BCUT2D eigenvalue weighted by Crippen LogP contribution is 2.14. The zero-order valence-electron chi connectivity index (χ0n) is 15.8. The summed E-state index contributed by atoms with van der Waals surface area (Å²) in [5.41, 5.74) is 9.49. The number of halogens is 1. The van der Waals surface area contributed by atoms with Gasteiger partial charge in [-0.3, -0.25) is 0 Å². The van der Waals surface area contributed by atoms with Gasteiger partial charge < -0.3 is 11.1 Å². The molecule has 0 aliphatic carbocycles. The molecule has 27 heavy (non-hydrogen) atoms. The van der Waals surface area contributed by atoms with Crippen molar-refractivity contribution in [3.63, 3.8) is 0 Å². The van der Waals surface area contributed by atoms with Gasteiger partial charge in [0.15, 0.2) is 5.96 Å². The molecular weight excluding hydrogens is 475 g/mol. The number of rotatable bonds is 7. The van der Waals surface area contributed by atoms with Gasteiger partial charge in [-0.05, 0) is 49.6 Å². The molecule has 4 N–H and O–H groups in total. The molecule has 0 amide bonds. The second-order valence-electron chi connectivity index (χ2n) is 6.50. The van der Waals surface area contributed by atoms with E-state index in [0.717, 1.165) is 16.8 Å². The van der Waals surface area contributed by atoms with Crippen LogP contribution in [-0.4, -0.2) is 20.4 Å². The Morgan fingerprint density at radius 2 is 1.78 bits per heavy atom. The lowest BCUT2D eigenvalue weighted by atomic mass is 10.1. The first-order valence-electron chi connectivity index (χ1n) is 8.45. The van der Waals surface area contributed by atoms with Gasteiger partial charge in [0.2, 0.25) is 10.0 Å². The molecule has 8 heteroatoms. The molecule has 0 bridgehead atoms. The van der Waals surface area contributed by atoms with Crippen molar-refractivity contribution in [1.82, 2.24) is 4.72 Å². The number of nitrogens with one attached hydrogen (secondary N) is 2. The summed E-state index contributed by atoms with van der Waals surface area (Å²) in [5, 5.41) is 3.04. The Morgan fingerprint density at radius 3 is 2.41 bits per heavy atom. The molecule has 0 unspecified atom stereocenters. The maximum Gasteiger partial charge on any atom is 0.216 e. The van der Waals surface area contributed by atoms with Gasteiger partial charge in [-0.2, -0.15) is 0 Å². The van der Waals surface area contributed by atoms with Crippen LogP contribution in [0.3, 0.4) is 0 Å². The molecule has 0 atom stereocenters. The van der Waals surface area contributed by atoms with E-state index in [1.807, 2.05) is 49.4 Å². The fourth-order valence-electron chi connectivity index (χ4n) is 2.54. The molecule has 0 aliphatic heterocycles. The van der Waals surface area contributed by atoms with Crippen LogP contribution in [0.25, 0.3) is 0 Å². The van der Waals surface area contributed by atoms with Crippen molar-refractivity contribution in [1.29, 1.82) is 0 Å². The minimum atomic E-state index is -3.39. The van der Waals surface area contributed by atoms with Crippen LogP contribution in [0.1, 0.15) is 30.5 Å². The van der Waals surface area contributed by atoms with E-state index in [2.05, 4.69) is 15.0 Å². The molecule has 2 aromatic carbocycles. The van der Waals surface area contributed by atoms with Crippen LogP contribution in [0.15, 0.2) is 53.5 Å². The lowest BCUT2D eigenvalue weighted by molar-refractivity contribution is 0.569. The highest BCUT2D eigenvalue weighted by Gasteiger charge is 2.15. The van der Waals surface area contributed by atoms with Crippen molar-refractivity contribution in [2.45, 2.75) is 39.1 Å². The first-order valence-corrected chi connectivity index (χ1v) is 10.1. The van der Waals surface area contributed by atoms with E-state index in [9.17, 15) is 8.42 Å². The lowest BCUT2D eigenvalue weighted by Gasteiger charge is -2.12. The zero-order chi connectivity index (χ0) is 19.2. The molecule has 6 nitrogen and oxygen atoms in total. The second kappa shape index (κ2) is 10.6. The molecule has 0 saturated carbocycles. The lowest BCUT2D eigenvalue weighted by Crippen LogP contribution is -2.31. The van der Waals surface area contributed by atoms with Gasteiger partial charge in [-0.1, -0.05) is 36.4 Å². The van der Waals surface area contributed by atoms with Gasteiger partial charge in [0.05, 0.1) is 12.3 Å². The summed E-state index contributed by atoms with van der Waals surface area (Å²) in [6, 6.07) is 15.0. The van der Waals surface area contributed by atoms with Crippen LogP contribution in [0.4, 0.5) is 5.69 Å². The SMILES string of the molecule is Cc1cccc(NC(N)=NCc2ccccc2CS(=O)(=O)NC(C)C)c1.I.